The Hall–Kier alpha value is -2.03. The van der Waals surface area contributed by atoms with Crippen molar-refractivity contribution in [3.05, 3.63) is 35.7 Å². The normalized spacial score (nSPS) is 21.3. The lowest BCUT2D eigenvalue weighted by atomic mass is 9.77. The zero-order valence-electron chi connectivity index (χ0n) is 16.2. The molecule has 0 bridgehead atoms. The molecule has 0 saturated carbocycles. The van der Waals surface area contributed by atoms with Crippen molar-refractivity contribution in [2.45, 2.75) is 42.2 Å². The van der Waals surface area contributed by atoms with Gasteiger partial charge in [-0.2, -0.15) is 5.10 Å². The Morgan fingerprint density at radius 2 is 2.07 bits per heavy atom. The molecule has 5 rings (SSSR count). The third kappa shape index (κ3) is 3.43. The third-order valence-corrected chi connectivity index (χ3v) is 7.55. The summed E-state index contributed by atoms with van der Waals surface area (Å²) in [5.41, 5.74) is 7.18. The minimum atomic E-state index is 0.324. The summed E-state index contributed by atoms with van der Waals surface area (Å²) in [7, 11) is 0. The van der Waals surface area contributed by atoms with Gasteiger partial charge in [0.15, 0.2) is 5.82 Å². The molecule has 1 unspecified atom stereocenters. The van der Waals surface area contributed by atoms with Crippen molar-refractivity contribution in [2.75, 3.05) is 30.3 Å². The van der Waals surface area contributed by atoms with E-state index in [1.807, 2.05) is 29.0 Å². The molecule has 0 amide bonds. The van der Waals surface area contributed by atoms with Crippen LogP contribution in [0.3, 0.4) is 0 Å². The van der Waals surface area contributed by atoms with Gasteiger partial charge in [0.05, 0.1) is 30.1 Å². The summed E-state index contributed by atoms with van der Waals surface area (Å²) < 4.78 is 7.78. The number of hydrogen-bond acceptors (Lipinski definition) is 7. The molecular formula is C20H23ClN6OS. The fourth-order valence-corrected chi connectivity index (χ4v) is 5.53. The van der Waals surface area contributed by atoms with Crippen LogP contribution in [0.15, 0.2) is 40.6 Å². The molecule has 2 aliphatic heterocycles. The van der Waals surface area contributed by atoms with E-state index in [0.717, 1.165) is 53.8 Å². The average Bonchev–Trinajstić information content (AvgIpc) is 3.34. The summed E-state index contributed by atoms with van der Waals surface area (Å²) >= 11 is 7.80. The Labute approximate surface area is 178 Å². The minimum absolute atomic E-state index is 0.324. The third-order valence-electron chi connectivity index (χ3n) is 5.99. The number of anilines is 2. The molecule has 29 heavy (non-hydrogen) atoms. The summed E-state index contributed by atoms with van der Waals surface area (Å²) in [6.07, 6.45) is 9.16. The second-order valence-electron chi connectivity index (χ2n) is 7.97. The molecule has 2 aliphatic rings. The van der Waals surface area contributed by atoms with E-state index in [1.54, 1.807) is 6.20 Å². The largest absolute Gasteiger partial charge is 0.382 e. The van der Waals surface area contributed by atoms with Crippen LogP contribution in [0.25, 0.3) is 5.52 Å². The Morgan fingerprint density at radius 1 is 1.24 bits per heavy atom. The van der Waals surface area contributed by atoms with E-state index in [4.69, 9.17) is 27.1 Å². The molecule has 5 heterocycles. The molecule has 0 aromatic carbocycles. The van der Waals surface area contributed by atoms with Crippen LogP contribution >= 0.6 is 23.4 Å². The number of fused-ring (bicyclic) bond motifs is 1. The molecule has 2 saturated heterocycles. The number of rotatable bonds is 3. The van der Waals surface area contributed by atoms with Crippen LogP contribution in [-0.2, 0) is 4.74 Å². The standard InChI is InChI=1S/C20H23ClN6OS/c1-13-10-20(12-28-13)4-8-26(9-5-20)19-14-2-7-25-27(14)16(11-24-19)29-15-3-6-23-18(22)17(15)21/h2-3,6-7,11,13H,4-5,8-10,12H2,1H3,(H2,22,23). The maximum absolute atomic E-state index is 6.31. The molecule has 7 nitrogen and oxygen atoms in total. The highest BCUT2D eigenvalue weighted by atomic mass is 35.5. The molecule has 1 atom stereocenters. The molecule has 3 aromatic heterocycles. The molecule has 0 radical (unpaired) electrons. The van der Waals surface area contributed by atoms with Gasteiger partial charge >= 0.3 is 0 Å². The number of ether oxygens (including phenoxy) is 1. The predicted molar refractivity (Wildman–Crippen MR) is 115 cm³/mol. The van der Waals surface area contributed by atoms with Gasteiger partial charge in [0, 0.05) is 24.2 Å². The molecular weight excluding hydrogens is 408 g/mol. The highest BCUT2D eigenvalue weighted by molar-refractivity contribution is 7.99. The maximum atomic E-state index is 6.31. The van der Waals surface area contributed by atoms with E-state index in [1.165, 1.54) is 18.2 Å². The Balaban J connectivity index is 1.40. The molecule has 2 fully saturated rings. The van der Waals surface area contributed by atoms with E-state index >= 15 is 0 Å². The lowest BCUT2D eigenvalue weighted by Gasteiger charge is -2.39. The average molecular weight is 431 g/mol. The van der Waals surface area contributed by atoms with Crippen LogP contribution in [0.4, 0.5) is 11.6 Å². The van der Waals surface area contributed by atoms with Gasteiger partial charge in [-0.3, -0.25) is 0 Å². The highest BCUT2D eigenvalue weighted by Crippen LogP contribution is 2.43. The van der Waals surface area contributed by atoms with Crippen molar-refractivity contribution in [3.63, 3.8) is 0 Å². The van der Waals surface area contributed by atoms with E-state index < -0.39 is 0 Å². The minimum Gasteiger partial charge on any atom is -0.382 e. The van der Waals surface area contributed by atoms with Crippen molar-refractivity contribution in [1.29, 1.82) is 0 Å². The summed E-state index contributed by atoms with van der Waals surface area (Å²) in [6, 6.07) is 3.86. The van der Waals surface area contributed by atoms with Gasteiger partial charge in [0.1, 0.15) is 16.4 Å². The number of pyridine rings is 1. The quantitative estimate of drug-likeness (QED) is 0.674. The maximum Gasteiger partial charge on any atom is 0.154 e. The topological polar surface area (TPSA) is 81.6 Å². The first kappa shape index (κ1) is 19.0. The number of nitrogens with two attached hydrogens (primary N) is 1. The van der Waals surface area contributed by atoms with Crippen LogP contribution in [-0.4, -0.2) is 45.4 Å². The van der Waals surface area contributed by atoms with E-state index in [2.05, 4.69) is 21.9 Å². The molecule has 3 aromatic rings. The summed E-state index contributed by atoms with van der Waals surface area (Å²) in [5.74, 6) is 1.31. The second kappa shape index (κ2) is 7.34. The van der Waals surface area contributed by atoms with Crippen molar-refractivity contribution in [3.8, 4) is 0 Å². The number of nitrogen functional groups attached to an aromatic ring is 1. The number of halogens is 1. The van der Waals surface area contributed by atoms with Crippen LogP contribution < -0.4 is 10.6 Å². The molecule has 9 heteroatoms. The second-order valence-corrected chi connectivity index (χ2v) is 9.41. The number of nitrogens with zero attached hydrogens (tertiary/aromatic N) is 5. The highest BCUT2D eigenvalue weighted by Gasteiger charge is 2.41. The van der Waals surface area contributed by atoms with Crippen molar-refractivity contribution in [1.82, 2.24) is 19.6 Å². The molecule has 152 valence electrons. The van der Waals surface area contributed by atoms with Crippen molar-refractivity contribution >= 4 is 40.5 Å². The summed E-state index contributed by atoms with van der Waals surface area (Å²) in [4.78, 5) is 12.0. The van der Waals surface area contributed by atoms with Gasteiger partial charge in [-0.1, -0.05) is 23.4 Å². The fraction of sp³-hybridized carbons (Fsp3) is 0.450. The lowest BCUT2D eigenvalue weighted by Crippen LogP contribution is -2.41. The van der Waals surface area contributed by atoms with Gasteiger partial charge in [0.2, 0.25) is 0 Å². The Bertz CT molecular complexity index is 1050. The van der Waals surface area contributed by atoms with Gasteiger partial charge in [-0.05, 0) is 43.7 Å². The first-order chi connectivity index (χ1) is 14.0. The fourth-order valence-electron chi connectivity index (χ4n) is 4.42. The van der Waals surface area contributed by atoms with E-state index in [9.17, 15) is 0 Å². The van der Waals surface area contributed by atoms with Gasteiger partial charge < -0.3 is 15.4 Å². The van der Waals surface area contributed by atoms with Gasteiger partial charge in [0.25, 0.3) is 0 Å². The molecule has 2 N–H and O–H groups in total. The van der Waals surface area contributed by atoms with E-state index in [-0.39, 0.29) is 0 Å². The van der Waals surface area contributed by atoms with Crippen LogP contribution in [0.5, 0.6) is 0 Å². The first-order valence-electron chi connectivity index (χ1n) is 9.82. The van der Waals surface area contributed by atoms with E-state index in [0.29, 0.717) is 22.4 Å². The van der Waals surface area contributed by atoms with Gasteiger partial charge in [-0.15, -0.1) is 0 Å². The predicted octanol–water partition coefficient (Wildman–Crippen LogP) is 3.91. The zero-order chi connectivity index (χ0) is 20.0. The monoisotopic (exact) mass is 430 g/mol. The Kier molecular flexibility index (Phi) is 4.80. The number of hydrogen-bond donors (Lipinski definition) is 1. The zero-order valence-corrected chi connectivity index (χ0v) is 17.8. The summed E-state index contributed by atoms with van der Waals surface area (Å²) in [5, 5.41) is 5.86. The van der Waals surface area contributed by atoms with Gasteiger partial charge in [-0.25, -0.2) is 14.5 Å². The summed E-state index contributed by atoms with van der Waals surface area (Å²) in [6.45, 7) is 5.05. The molecule has 1 spiro atoms. The lowest BCUT2D eigenvalue weighted by molar-refractivity contribution is 0.0976. The van der Waals surface area contributed by atoms with Crippen molar-refractivity contribution in [2.24, 2.45) is 5.41 Å². The van der Waals surface area contributed by atoms with Crippen LogP contribution in [0, 0.1) is 5.41 Å². The Morgan fingerprint density at radius 3 is 2.83 bits per heavy atom. The number of aromatic nitrogens is 4. The smallest absolute Gasteiger partial charge is 0.154 e. The van der Waals surface area contributed by atoms with Crippen LogP contribution in [0.2, 0.25) is 5.02 Å². The van der Waals surface area contributed by atoms with Crippen molar-refractivity contribution < 1.29 is 4.74 Å². The number of piperidine rings is 1. The van der Waals surface area contributed by atoms with Crippen LogP contribution in [0.1, 0.15) is 26.2 Å². The SMILES string of the molecule is CC1CC2(CCN(c3ncc(Sc4ccnc(N)c4Cl)n4nccc34)CC2)CO1. The first-order valence-corrected chi connectivity index (χ1v) is 11.0. The molecule has 0 aliphatic carbocycles.